The molecule has 0 N–H and O–H groups in total. The Bertz CT molecular complexity index is 351. The molecule has 0 radical (unpaired) electrons. The highest BCUT2D eigenvalue weighted by Gasteiger charge is 2.30. The maximum absolute atomic E-state index is 12.5. The summed E-state index contributed by atoms with van der Waals surface area (Å²) in [5.41, 5.74) is 0. The Hall–Kier alpha value is -0.420. The van der Waals surface area contributed by atoms with Crippen LogP contribution in [0.25, 0.3) is 0 Å². The molecular weight excluding hydrogens is 274 g/mol. The van der Waals surface area contributed by atoms with Crippen molar-refractivity contribution in [1.29, 1.82) is 0 Å². The zero-order chi connectivity index (χ0) is 14.5. The minimum Gasteiger partial charge on any atom is -0.365 e. The van der Waals surface area contributed by atoms with Crippen LogP contribution in [0.2, 0.25) is 0 Å². The van der Waals surface area contributed by atoms with Gasteiger partial charge in [0.1, 0.15) is 6.10 Å². The Morgan fingerprint density at radius 2 is 2.05 bits per heavy atom. The highest BCUT2D eigenvalue weighted by atomic mass is 32.2. The third-order valence-corrected chi connectivity index (χ3v) is 5.66. The maximum atomic E-state index is 12.5. The van der Waals surface area contributed by atoms with Crippen LogP contribution in [-0.2, 0) is 20.3 Å². The van der Waals surface area contributed by atoms with Crippen LogP contribution in [0.15, 0.2) is 0 Å². The van der Waals surface area contributed by atoms with Crippen LogP contribution in [-0.4, -0.2) is 51.8 Å². The van der Waals surface area contributed by atoms with Crippen molar-refractivity contribution in [1.82, 2.24) is 4.90 Å². The van der Waals surface area contributed by atoms with Crippen molar-refractivity contribution in [2.75, 3.05) is 24.6 Å². The van der Waals surface area contributed by atoms with Crippen molar-refractivity contribution in [3.63, 3.8) is 0 Å². The van der Waals surface area contributed by atoms with Crippen molar-refractivity contribution >= 4 is 16.7 Å². The summed E-state index contributed by atoms with van der Waals surface area (Å²) in [7, 11) is -0.738. The molecule has 5 heteroatoms. The molecule has 0 spiro atoms. The molecule has 116 valence electrons. The first-order valence-corrected chi connectivity index (χ1v) is 9.38. The fourth-order valence-electron chi connectivity index (χ4n) is 3.13. The monoisotopic (exact) mass is 301 g/mol. The van der Waals surface area contributed by atoms with Crippen LogP contribution >= 0.6 is 0 Å². The zero-order valence-corrected chi connectivity index (χ0v) is 13.5. The van der Waals surface area contributed by atoms with Crippen molar-refractivity contribution < 1.29 is 13.7 Å². The minimum atomic E-state index is -0.738. The Morgan fingerprint density at radius 3 is 2.65 bits per heavy atom. The number of amides is 1. The van der Waals surface area contributed by atoms with Gasteiger partial charge in [0.2, 0.25) is 0 Å². The highest BCUT2D eigenvalue weighted by molar-refractivity contribution is 7.85. The van der Waals surface area contributed by atoms with Crippen LogP contribution < -0.4 is 0 Å². The third kappa shape index (κ3) is 4.29. The van der Waals surface area contributed by atoms with Gasteiger partial charge < -0.3 is 9.64 Å². The molecular formula is C15H27NO3S. The van der Waals surface area contributed by atoms with Gasteiger partial charge in [0.25, 0.3) is 5.91 Å². The lowest BCUT2D eigenvalue weighted by Crippen LogP contribution is -2.48. The fourth-order valence-corrected chi connectivity index (χ4v) is 4.18. The molecule has 1 aliphatic carbocycles. The van der Waals surface area contributed by atoms with Crippen LogP contribution in [0.3, 0.4) is 0 Å². The van der Waals surface area contributed by atoms with Gasteiger partial charge in [-0.1, -0.05) is 26.7 Å². The predicted molar refractivity (Wildman–Crippen MR) is 81.0 cm³/mol. The Morgan fingerprint density at radius 1 is 1.35 bits per heavy atom. The molecule has 20 heavy (non-hydrogen) atoms. The van der Waals surface area contributed by atoms with E-state index >= 15 is 0 Å². The highest BCUT2D eigenvalue weighted by Crippen LogP contribution is 2.27. The Kier molecular flexibility index (Phi) is 6.02. The molecule has 1 aliphatic heterocycles. The van der Waals surface area contributed by atoms with Crippen molar-refractivity contribution in [3.05, 3.63) is 0 Å². The van der Waals surface area contributed by atoms with Crippen LogP contribution in [0.1, 0.15) is 46.0 Å². The fraction of sp³-hybridized carbons (Fsp3) is 0.933. The second-order valence-electron chi connectivity index (χ2n) is 6.10. The summed E-state index contributed by atoms with van der Waals surface area (Å²) in [6, 6.07) is 0. The molecule has 1 amide bonds. The molecule has 2 fully saturated rings. The summed E-state index contributed by atoms with van der Waals surface area (Å²) in [5.74, 6) is 2.03. The standard InChI is InChI=1S/C15H27NO3S/c1-3-14(19-13-6-4-5-12(2)11-13)15(17)16-7-9-20(18)10-8-16/h12-14H,3-11H2,1-2H3/t12-,13+,14-/m0/s1. The van der Waals surface area contributed by atoms with E-state index in [2.05, 4.69) is 6.92 Å². The van der Waals surface area contributed by atoms with E-state index in [-0.39, 0.29) is 18.1 Å². The van der Waals surface area contributed by atoms with Gasteiger partial charge in [-0.05, 0) is 25.2 Å². The van der Waals surface area contributed by atoms with Gasteiger partial charge in [0.15, 0.2) is 0 Å². The maximum Gasteiger partial charge on any atom is 0.251 e. The van der Waals surface area contributed by atoms with E-state index in [1.807, 2.05) is 11.8 Å². The SMILES string of the molecule is CC[C@H](O[C@@H]1CCC[C@H](C)C1)C(=O)N1CCS(=O)CC1. The molecule has 1 saturated heterocycles. The van der Waals surface area contributed by atoms with Crippen molar-refractivity contribution in [3.8, 4) is 0 Å². The lowest BCUT2D eigenvalue weighted by atomic mass is 9.88. The van der Waals surface area contributed by atoms with E-state index in [0.29, 0.717) is 30.5 Å². The normalized spacial score (nSPS) is 30.2. The van der Waals surface area contributed by atoms with E-state index in [1.165, 1.54) is 12.8 Å². The van der Waals surface area contributed by atoms with E-state index in [9.17, 15) is 9.00 Å². The minimum absolute atomic E-state index is 0.0995. The average molecular weight is 301 g/mol. The molecule has 1 heterocycles. The van der Waals surface area contributed by atoms with Gasteiger partial charge in [-0.2, -0.15) is 0 Å². The van der Waals surface area contributed by atoms with E-state index in [0.717, 1.165) is 19.3 Å². The summed E-state index contributed by atoms with van der Waals surface area (Å²) in [6.45, 7) is 5.51. The number of nitrogens with zero attached hydrogens (tertiary/aromatic N) is 1. The number of rotatable bonds is 4. The molecule has 4 nitrogen and oxygen atoms in total. The summed E-state index contributed by atoms with van der Waals surface area (Å²) >= 11 is 0. The third-order valence-electron chi connectivity index (χ3n) is 4.38. The van der Waals surface area contributed by atoms with Gasteiger partial charge in [-0.25, -0.2) is 0 Å². The average Bonchev–Trinajstić information content (AvgIpc) is 2.45. The van der Waals surface area contributed by atoms with Gasteiger partial charge in [0.05, 0.1) is 6.10 Å². The summed E-state index contributed by atoms with van der Waals surface area (Å²) in [4.78, 5) is 14.3. The van der Waals surface area contributed by atoms with Gasteiger partial charge in [0, 0.05) is 35.4 Å². The number of hydrogen-bond donors (Lipinski definition) is 0. The first-order chi connectivity index (χ1) is 9.60. The largest absolute Gasteiger partial charge is 0.365 e. The molecule has 0 aromatic carbocycles. The van der Waals surface area contributed by atoms with Crippen LogP contribution in [0.5, 0.6) is 0 Å². The second-order valence-corrected chi connectivity index (χ2v) is 7.80. The predicted octanol–water partition coefficient (Wildman–Crippen LogP) is 1.95. The lowest BCUT2D eigenvalue weighted by Gasteiger charge is -2.33. The number of ether oxygens (including phenoxy) is 1. The Labute approximate surface area is 124 Å². The smallest absolute Gasteiger partial charge is 0.251 e. The van der Waals surface area contributed by atoms with Crippen LogP contribution in [0.4, 0.5) is 0 Å². The van der Waals surface area contributed by atoms with Crippen molar-refractivity contribution in [2.45, 2.75) is 58.2 Å². The topological polar surface area (TPSA) is 46.6 Å². The van der Waals surface area contributed by atoms with Crippen LogP contribution in [0, 0.1) is 5.92 Å². The summed E-state index contributed by atoms with van der Waals surface area (Å²) in [5, 5.41) is 0. The molecule has 0 bridgehead atoms. The second kappa shape index (κ2) is 7.55. The van der Waals surface area contributed by atoms with Gasteiger partial charge in [-0.15, -0.1) is 0 Å². The van der Waals surface area contributed by atoms with Gasteiger partial charge >= 0.3 is 0 Å². The lowest BCUT2D eigenvalue weighted by molar-refractivity contribution is -0.149. The number of hydrogen-bond acceptors (Lipinski definition) is 3. The summed E-state index contributed by atoms with van der Waals surface area (Å²) in [6.07, 6.45) is 5.31. The van der Waals surface area contributed by atoms with Gasteiger partial charge in [-0.3, -0.25) is 9.00 Å². The zero-order valence-electron chi connectivity index (χ0n) is 12.7. The molecule has 2 aliphatic rings. The first kappa shape index (κ1) is 16.0. The quantitative estimate of drug-likeness (QED) is 0.797. The molecule has 2 rings (SSSR count). The molecule has 0 aromatic heterocycles. The number of carbonyl (C=O) groups is 1. The molecule has 1 saturated carbocycles. The van der Waals surface area contributed by atoms with E-state index in [4.69, 9.17) is 4.74 Å². The first-order valence-electron chi connectivity index (χ1n) is 7.89. The van der Waals surface area contributed by atoms with E-state index < -0.39 is 10.8 Å². The molecule has 0 unspecified atom stereocenters. The van der Waals surface area contributed by atoms with Crippen molar-refractivity contribution in [2.24, 2.45) is 5.92 Å². The summed E-state index contributed by atoms with van der Waals surface area (Å²) < 4.78 is 17.5. The number of carbonyl (C=O) groups excluding carboxylic acids is 1. The molecule has 0 aromatic rings. The molecule has 3 atom stereocenters. The van der Waals surface area contributed by atoms with E-state index in [1.54, 1.807) is 0 Å². The Balaban J connectivity index is 1.86.